The molecule has 118 valence electrons. The van der Waals surface area contributed by atoms with Crippen LogP contribution in [0.1, 0.15) is 41.5 Å². The Morgan fingerprint density at radius 3 is 2.14 bits per heavy atom. The number of nitrogens with zero attached hydrogens (tertiary/aromatic N) is 2. The maximum atomic E-state index is 4.61. The van der Waals surface area contributed by atoms with Crippen LogP contribution < -0.4 is 0 Å². The Morgan fingerprint density at radius 1 is 1.05 bits per heavy atom. The van der Waals surface area contributed by atoms with E-state index in [1.165, 1.54) is 5.39 Å². The molecule has 21 heavy (non-hydrogen) atoms. The molecule has 0 fully saturated rings. The van der Waals surface area contributed by atoms with Gasteiger partial charge in [-0.2, -0.15) is 0 Å². The molecule has 0 aromatic carbocycles. The highest BCUT2D eigenvalue weighted by atomic mass is 79.9. The molecule has 0 N–H and O–H groups in total. The van der Waals surface area contributed by atoms with E-state index >= 15 is 0 Å². The van der Waals surface area contributed by atoms with Crippen molar-refractivity contribution in [3.05, 3.63) is 29.0 Å². The van der Waals surface area contributed by atoms with Gasteiger partial charge in [0.05, 0.1) is 5.88 Å². The Kier molecular flexibility index (Phi) is 5.09. The lowest BCUT2D eigenvalue weighted by Crippen LogP contribution is -2.31. The molecule has 2 nitrogen and oxygen atoms in total. The van der Waals surface area contributed by atoms with E-state index in [1.807, 2.05) is 12.3 Å². The minimum Gasteiger partial charge on any atom is -0.324 e. The zero-order chi connectivity index (χ0) is 15.8. The third-order valence-corrected chi connectivity index (χ3v) is 11.3. The van der Waals surface area contributed by atoms with E-state index < -0.39 is 10.0 Å². The van der Waals surface area contributed by atoms with Crippen molar-refractivity contribution in [1.29, 1.82) is 0 Å². The van der Waals surface area contributed by atoms with Gasteiger partial charge >= 0.3 is 0 Å². The van der Waals surface area contributed by atoms with Crippen LogP contribution in [0.5, 0.6) is 0 Å². The van der Waals surface area contributed by atoms with E-state index in [-0.39, 0.29) is 0 Å². The van der Waals surface area contributed by atoms with E-state index in [0.717, 1.165) is 16.0 Å². The van der Waals surface area contributed by atoms with Crippen LogP contribution in [-0.4, -0.2) is 25.3 Å². The summed E-state index contributed by atoms with van der Waals surface area (Å²) in [6.45, 7) is 14.4. The summed E-state index contributed by atoms with van der Waals surface area (Å²) >= 11 is 3.63. The molecule has 0 radical (unpaired) electrons. The van der Waals surface area contributed by atoms with Gasteiger partial charge in [-0.25, -0.2) is 15.0 Å². The summed E-state index contributed by atoms with van der Waals surface area (Å²) in [5.41, 5.74) is 1.10. The van der Waals surface area contributed by atoms with Gasteiger partial charge in [0.15, 0.2) is 0 Å². The van der Waals surface area contributed by atoms with Crippen LogP contribution in [-0.2, 0) is 5.88 Å². The smallest absolute Gasteiger partial charge is 0.141 e. The predicted octanol–water partition coefficient (Wildman–Crippen LogP) is 5.79. The van der Waals surface area contributed by atoms with Crippen LogP contribution in [0.25, 0.3) is 11.0 Å². The van der Waals surface area contributed by atoms with E-state index in [2.05, 4.69) is 79.3 Å². The molecule has 0 aliphatic carbocycles. The molecule has 0 saturated heterocycles. The highest BCUT2D eigenvalue weighted by molar-refractivity contribution is 9.10. The third kappa shape index (κ3) is 2.89. The summed E-state index contributed by atoms with van der Waals surface area (Å²) in [4.78, 5) is 4.61. The van der Waals surface area contributed by atoms with Gasteiger partial charge < -0.3 is 4.57 Å². The highest BCUT2D eigenvalue weighted by Gasteiger charge is 2.35. The molecule has 0 saturated carbocycles. The Balaban J connectivity index is 2.51. The quantitative estimate of drug-likeness (QED) is 0.651. The molecule has 2 aromatic heterocycles. The molecule has 0 bridgehead atoms. The van der Waals surface area contributed by atoms with Crippen molar-refractivity contribution in [3.63, 3.8) is 0 Å². The van der Waals surface area contributed by atoms with E-state index in [0.29, 0.717) is 15.7 Å². The van der Waals surface area contributed by atoms with Crippen LogP contribution in [0.4, 0.5) is 0 Å². The summed E-state index contributed by atoms with van der Waals surface area (Å²) in [6, 6.07) is 4.19. The van der Waals surface area contributed by atoms with Crippen molar-refractivity contribution in [3.8, 4) is 0 Å². The Hall–Kier alpha value is -0.480. The lowest BCUT2D eigenvalue weighted by Gasteiger charge is -2.51. The van der Waals surface area contributed by atoms with Crippen molar-refractivity contribution in [2.24, 2.45) is 0 Å². The molecule has 0 aliphatic rings. The normalized spacial score (nSPS) is 13.8. The summed E-state index contributed by atoms with van der Waals surface area (Å²) in [6.07, 6.45) is 4.09. The molecule has 2 heterocycles. The molecule has 0 aliphatic heterocycles. The second-order valence-electron chi connectivity index (χ2n) is 6.50. The van der Waals surface area contributed by atoms with Crippen molar-refractivity contribution >= 4 is 37.0 Å². The van der Waals surface area contributed by atoms with Crippen molar-refractivity contribution in [2.75, 3.05) is 0 Å². The average molecular weight is 371 g/mol. The monoisotopic (exact) mass is 370 g/mol. The second kappa shape index (κ2) is 6.33. The van der Waals surface area contributed by atoms with Gasteiger partial charge in [0, 0.05) is 22.3 Å². The number of fused-ring (bicyclic) bond motifs is 1. The fourth-order valence-corrected chi connectivity index (χ4v) is 8.76. The van der Waals surface area contributed by atoms with Gasteiger partial charge in [-0.3, -0.25) is 0 Å². The number of hydrogen-bond acceptors (Lipinski definition) is 1. The maximum absolute atomic E-state index is 4.61. The van der Waals surface area contributed by atoms with E-state index in [4.69, 9.17) is 0 Å². The minimum atomic E-state index is -0.766. The maximum Gasteiger partial charge on any atom is 0.141 e. The van der Waals surface area contributed by atoms with Gasteiger partial charge in [0.25, 0.3) is 0 Å². The number of rotatable bonds is 5. The highest BCUT2D eigenvalue weighted by Crippen LogP contribution is 2.61. The number of pyridine rings is 1. The first-order chi connectivity index (χ1) is 9.80. The zero-order valence-corrected chi connectivity index (χ0v) is 16.3. The van der Waals surface area contributed by atoms with Crippen molar-refractivity contribution < 1.29 is 0 Å². The van der Waals surface area contributed by atoms with Gasteiger partial charge in [0.2, 0.25) is 0 Å². The third-order valence-electron chi connectivity index (χ3n) is 4.60. The van der Waals surface area contributed by atoms with Gasteiger partial charge in [-0.1, -0.05) is 41.5 Å². The molecular weight excluding hydrogens is 344 g/mol. The second-order valence-corrected chi connectivity index (χ2v) is 12.3. The molecule has 2 rings (SSSR count). The molecule has 2 aromatic rings. The summed E-state index contributed by atoms with van der Waals surface area (Å²) in [5, 5.41) is 3.34. The molecule has 0 atom stereocenters. The molecule has 0 unspecified atom stereocenters. The molecule has 4 heteroatoms. The minimum absolute atomic E-state index is 0.710. The summed E-state index contributed by atoms with van der Waals surface area (Å²) in [7, 11) is -0.766. The van der Waals surface area contributed by atoms with E-state index in [1.54, 1.807) is 0 Å². The lowest BCUT2D eigenvalue weighted by atomic mass is 10.3. The Labute approximate surface area is 138 Å². The molecule has 0 spiro atoms. The lowest BCUT2D eigenvalue weighted by molar-refractivity contribution is 0.845. The topological polar surface area (TPSA) is 17.8 Å². The van der Waals surface area contributed by atoms with Gasteiger partial charge in [-0.05, 0) is 43.8 Å². The van der Waals surface area contributed by atoms with Crippen LogP contribution in [0.2, 0.25) is 0 Å². The standard InChI is InChI=1S/C17H27BrN2S/c1-12(2)21(13(3)4,14(5)6)11-20-10-8-15-16(18)7-9-19-17(15)20/h7-10,12-14H,11H2,1-6H3. The average Bonchev–Trinajstić information content (AvgIpc) is 2.79. The summed E-state index contributed by atoms with van der Waals surface area (Å²) < 4.78 is 3.50. The van der Waals surface area contributed by atoms with E-state index in [9.17, 15) is 0 Å². The Morgan fingerprint density at radius 2 is 1.62 bits per heavy atom. The SMILES string of the molecule is CC(C)S(Cn1ccc2c(Br)ccnc21)(C(C)C)C(C)C. The summed E-state index contributed by atoms with van der Waals surface area (Å²) in [5.74, 6) is 1.10. The number of hydrogen-bond donors (Lipinski definition) is 0. The van der Waals surface area contributed by atoms with Crippen molar-refractivity contribution in [2.45, 2.75) is 63.2 Å². The fraction of sp³-hybridized carbons (Fsp3) is 0.588. The predicted molar refractivity (Wildman–Crippen MR) is 100 cm³/mol. The largest absolute Gasteiger partial charge is 0.324 e. The first kappa shape index (κ1) is 16.9. The Bertz CT molecular complexity index is 595. The van der Waals surface area contributed by atoms with Crippen LogP contribution >= 0.6 is 26.0 Å². The number of halogens is 1. The van der Waals surface area contributed by atoms with Crippen LogP contribution in [0.15, 0.2) is 29.0 Å². The molecule has 0 amide bonds. The van der Waals surface area contributed by atoms with Crippen LogP contribution in [0, 0.1) is 0 Å². The molecular formula is C17H27BrN2S. The van der Waals surface area contributed by atoms with Gasteiger partial charge in [0.1, 0.15) is 5.65 Å². The van der Waals surface area contributed by atoms with Gasteiger partial charge in [-0.15, -0.1) is 0 Å². The zero-order valence-electron chi connectivity index (χ0n) is 13.9. The van der Waals surface area contributed by atoms with Crippen LogP contribution in [0.3, 0.4) is 0 Å². The van der Waals surface area contributed by atoms with Crippen molar-refractivity contribution in [1.82, 2.24) is 9.55 Å². The first-order valence-electron chi connectivity index (χ1n) is 7.67. The first-order valence-corrected chi connectivity index (χ1v) is 10.5. The fourth-order valence-electron chi connectivity index (χ4n) is 3.48. The number of aromatic nitrogens is 2.